The molecule has 0 aliphatic rings. The maximum absolute atomic E-state index is 14.1. The Hall–Kier alpha value is -4.23. The number of hydrazine groups is 1. The third-order valence-corrected chi connectivity index (χ3v) is 7.35. The predicted octanol–water partition coefficient (Wildman–Crippen LogP) is 3.92. The van der Waals surface area contributed by atoms with Gasteiger partial charge in [-0.1, -0.05) is 66.2 Å². The number of benzene rings is 3. The lowest BCUT2D eigenvalue weighted by Crippen LogP contribution is -2.56. The zero-order valence-electron chi connectivity index (χ0n) is 26.5. The molecule has 13 heteroatoms. The van der Waals surface area contributed by atoms with Crippen molar-refractivity contribution in [1.82, 2.24) is 26.0 Å². The second kappa shape index (κ2) is 18.1. The fraction of sp³-hybridized carbons (Fsp3) is 0.394. The van der Waals surface area contributed by atoms with E-state index in [1.54, 1.807) is 31.2 Å². The van der Waals surface area contributed by atoms with Gasteiger partial charge in [0.15, 0.2) is 6.29 Å². The first kappa shape index (κ1) is 36.2. The summed E-state index contributed by atoms with van der Waals surface area (Å²) in [6.07, 6.45) is -1.45. The van der Waals surface area contributed by atoms with Crippen LogP contribution in [0.2, 0.25) is 5.02 Å². The van der Waals surface area contributed by atoms with Gasteiger partial charge in [-0.2, -0.15) is 0 Å². The van der Waals surface area contributed by atoms with Gasteiger partial charge in [-0.15, -0.1) is 0 Å². The molecule has 3 aromatic rings. The van der Waals surface area contributed by atoms with Gasteiger partial charge >= 0.3 is 12.0 Å². The van der Waals surface area contributed by atoms with Crippen LogP contribution in [0.25, 0.3) is 10.8 Å². The number of carbonyl (C=O) groups is 4. The molecule has 0 aromatic heterocycles. The number of carboxylic acids is 1. The molecule has 2 atom stereocenters. The third-order valence-electron chi connectivity index (χ3n) is 7.10. The van der Waals surface area contributed by atoms with Crippen LogP contribution >= 0.6 is 11.6 Å². The number of hydrogen-bond donors (Lipinski definition) is 4. The van der Waals surface area contributed by atoms with E-state index in [1.807, 2.05) is 56.3 Å². The van der Waals surface area contributed by atoms with Crippen molar-refractivity contribution in [1.29, 1.82) is 0 Å². The second-order valence-corrected chi connectivity index (χ2v) is 11.1. The van der Waals surface area contributed by atoms with E-state index in [4.69, 9.17) is 21.1 Å². The van der Waals surface area contributed by atoms with Crippen LogP contribution in [0.5, 0.6) is 0 Å². The highest BCUT2D eigenvalue weighted by Crippen LogP contribution is 2.23. The number of rotatable bonds is 17. The number of nitrogens with zero attached hydrogens (tertiary/aromatic N) is 2. The zero-order chi connectivity index (χ0) is 33.6. The van der Waals surface area contributed by atoms with Crippen molar-refractivity contribution in [2.45, 2.75) is 58.7 Å². The Morgan fingerprint density at radius 2 is 1.59 bits per heavy atom. The zero-order valence-corrected chi connectivity index (χ0v) is 27.3. The van der Waals surface area contributed by atoms with Gasteiger partial charge in [-0.05, 0) is 54.8 Å². The number of amides is 4. The number of urea groups is 1. The number of carbonyl (C=O) groups excluding carboxylic acids is 3. The Morgan fingerprint density at radius 3 is 2.24 bits per heavy atom. The Morgan fingerprint density at radius 1 is 0.935 bits per heavy atom. The van der Waals surface area contributed by atoms with Gasteiger partial charge < -0.3 is 30.1 Å². The molecular weight excluding hydrogens is 614 g/mol. The van der Waals surface area contributed by atoms with Gasteiger partial charge in [0.25, 0.3) is 0 Å². The van der Waals surface area contributed by atoms with Gasteiger partial charge in [-0.3, -0.25) is 19.8 Å². The molecule has 46 heavy (non-hydrogen) atoms. The number of halogens is 1. The summed E-state index contributed by atoms with van der Waals surface area (Å²) >= 11 is 5.89. The Kier molecular flexibility index (Phi) is 14.2. The topological polar surface area (TPSA) is 150 Å². The number of ether oxygens (including phenoxy) is 2. The van der Waals surface area contributed by atoms with Crippen LogP contribution in [0.4, 0.5) is 4.79 Å². The summed E-state index contributed by atoms with van der Waals surface area (Å²) in [5.41, 5.74) is 4.18. The van der Waals surface area contributed by atoms with E-state index in [1.165, 1.54) is 17.0 Å². The summed E-state index contributed by atoms with van der Waals surface area (Å²) in [6.45, 7) is 6.03. The van der Waals surface area contributed by atoms with E-state index in [0.717, 1.165) is 21.9 Å². The first-order valence-electron chi connectivity index (χ1n) is 15.0. The van der Waals surface area contributed by atoms with Crippen molar-refractivity contribution >= 4 is 46.2 Å². The van der Waals surface area contributed by atoms with Crippen molar-refractivity contribution in [3.8, 4) is 0 Å². The van der Waals surface area contributed by atoms with Gasteiger partial charge in [0.2, 0.25) is 11.8 Å². The summed E-state index contributed by atoms with van der Waals surface area (Å²) < 4.78 is 11.6. The number of carboxylic acid groups (broad SMARTS) is 1. The van der Waals surface area contributed by atoms with Gasteiger partial charge in [0, 0.05) is 38.4 Å². The summed E-state index contributed by atoms with van der Waals surface area (Å²) in [5.74, 6) is -2.54. The number of likely N-dealkylation sites (N-methyl/N-ethyl adjacent to an activating group) is 1. The van der Waals surface area contributed by atoms with E-state index in [2.05, 4.69) is 16.1 Å². The van der Waals surface area contributed by atoms with Gasteiger partial charge in [0.05, 0.1) is 19.0 Å². The van der Waals surface area contributed by atoms with Crippen molar-refractivity contribution in [2.75, 3.05) is 26.8 Å². The quantitative estimate of drug-likeness (QED) is 0.126. The van der Waals surface area contributed by atoms with Crippen LogP contribution in [-0.2, 0) is 36.9 Å². The molecule has 4 amide bonds. The number of fused-ring (bicyclic) bond motifs is 1. The van der Waals surface area contributed by atoms with Crippen LogP contribution in [0.3, 0.4) is 0 Å². The molecule has 2 unspecified atom stereocenters. The minimum absolute atomic E-state index is 0.110. The molecule has 3 aromatic carbocycles. The first-order chi connectivity index (χ1) is 22.0. The summed E-state index contributed by atoms with van der Waals surface area (Å²) in [6, 6.07) is 17.8. The van der Waals surface area contributed by atoms with Crippen LogP contribution < -0.4 is 16.1 Å². The molecule has 0 spiro atoms. The van der Waals surface area contributed by atoms with Crippen LogP contribution in [0, 0.1) is 0 Å². The minimum Gasteiger partial charge on any atom is -0.481 e. The third kappa shape index (κ3) is 11.0. The molecule has 0 saturated carbocycles. The fourth-order valence-electron chi connectivity index (χ4n) is 4.91. The molecular formula is C33H42ClN5O7. The first-order valence-corrected chi connectivity index (χ1v) is 15.4. The molecule has 4 N–H and O–H groups in total. The van der Waals surface area contributed by atoms with E-state index in [0.29, 0.717) is 18.2 Å². The highest BCUT2D eigenvalue weighted by Gasteiger charge is 2.35. The summed E-state index contributed by atoms with van der Waals surface area (Å²) in [7, 11) is 1.47. The Bertz CT molecular complexity index is 1460. The largest absolute Gasteiger partial charge is 0.481 e. The normalized spacial score (nSPS) is 12.5. The molecule has 0 saturated heterocycles. The number of hydrogen-bond acceptors (Lipinski definition) is 7. The molecule has 12 nitrogen and oxygen atoms in total. The van der Waals surface area contributed by atoms with E-state index >= 15 is 0 Å². The highest BCUT2D eigenvalue weighted by atomic mass is 35.5. The maximum atomic E-state index is 14.1. The average molecular weight is 656 g/mol. The molecule has 0 aliphatic carbocycles. The second-order valence-electron chi connectivity index (χ2n) is 10.6. The van der Waals surface area contributed by atoms with Crippen LogP contribution in [-0.4, -0.2) is 84.0 Å². The Balaban J connectivity index is 1.76. The van der Waals surface area contributed by atoms with E-state index in [-0.39, 0.29) is 19.6 Å². The van der Waals surface area contributed by atoms with Gasteiger partial charge in [0.1, 0.15) is 6.04 Å². The van der Waals surface area contributed by atoms with E-state index < -0.39 is 48.6 Å². The van der Waals surface area contributed by atoms with Crippen molar-refractivity contribution < 1.29 is 33.8 Å². The lowest BCUT2D eigenvalue weighted by atomic mass is 10.0. The maximum Gasteiger partial charge on any atom is 0.329 e. The van der Waals surface area contributed by atoms with Crippen molar-refractivity contribution in [3.05, 3.63) is 82.9 Å². The Labute approximate surface area is 273 Å². The molecule has 3 rings (SSSR count). The minimum atomic E-state index is -1.40. The molecule has 248 valence electrons. The molecule has 0 bridgehead atoms. The summed E-state index contributed by atoms with van der Waals surface area (Å²) in [4.78, 5) is 52.9. The number of nitrogens with one attached hydrogen (secondary N) is 3. The molecule has 0 heterocycles. The lowest BCUT2D eigenvalue weighted by Gasteiger charge is -2.36. The SMILES string of the molecule is CCOC(OCC)C(C)N(Cc1cccc2ccccc12)C(=O)C(CC(=O)O)NC(=O)CN(C)NC(=O)NCc1ccc(Cl)cc1. The van der Waals surface area contributed by atoms with Crippen molar-refractivity contribution in [3.63, 3.8) is 0 Å². The monoisotopic (exact) mass is 655 g/mol. The number of aliphatic carboxylic acids is 1. The van der Waals surface area contributed by atoms with Crippen LogP contribution in [0.1, 0.15) is 38.3 Å². The smallest absolute Gasteiger partial charge is 0.329 e. The van der Waals surface area contributed by atoms with Gasteiger partial charge in [-0.25, -0.2) is 9.80 Å². The fourth-order valence-corrected chi connectivity index (χ4v) is 5.03. The van der Waals surface area contributed by atoms with Crippen LogP contribution in [0.15, 0.2) is 66.7 Å². The standard InChI is InChI=1S/C33H42ClN5O7/c1-5-45-32(46-6-2)22(3)39(20-25-12-9-11-24-10-7-8-13-27(24)25)31(43)28(18-30(41)42)36-29(40)21-38(4)37-33(44)35-19-23-14-16-26(34)17-15-23/h7-17,22,28,32H,5-6,18-21H2,1-4H3,(H,36,40)(H,41,42)(H2,35,37,44). The lowest BCUT2D eigenvalue weighted by molar-refractivity contribution is -0.180. The molecule has 0 fully saturated rings. The summed E-state index contributed by atoms with van der Waals surface area (Å²) in [5, 5.41) is 18.6. The molecule has 0 radical (unpaired) electrons. The van der Waals surface area contributed by atoms with E-state index in [9.17, 15) is 24.3 Å². The average Bonchev–Trinajstić information content (AvgIpc) is 3.02. The predicted molar refractivity (Wildman–Crippen MR) is 175 cm³/mol. The molecule has 0 aliphatic heterocycles. The van der Waals surface area contributed by atoms with Crippen molar-refractivity contribution in [2.24, 2.45) is 0 Å². The highest BCUT2D eigenvalue weighted by molar-refractivity contribution is 6.30.